The Bertz CT molecular complexity index is 1030. The number of nitrogens with one attached hydrogen (secondary N) is 1. The number of amides is 1. The van der Waals surface area contributed by atoms with Crippen LogP contribution in [0.5, 0.6) is 0 Å². The zero-order valence-electron chi connectivity index (χ0n) is 19.6. The highest BCUT2D eigenvalue weighted by atomic mass is 79.9. The van der Waals surface area contributed by atoms with Crippen LogP contribution in [-0.2, 0) is 29.5 Å². The van der Waals surface area contributed by atoms with Gasteiger partial charge in [-0.3, -0.25) is 9.59 Å². The quantitative estimate of drug-likeness (QED) is 0.518. The zero-order valence-corrected chi connectivity index (χ0v) is 21.1. The van der Waals surface area contributed by atoms with E-state index in [1.165, 1.54) is 5.56 Å². The maximum Gasteiger partial charge on any atom is 0.250 e. The van der Waals surface area contributed by atoms with Crippen molar-refractivity contribution >= 4 is 21.8 Å². The zero-order chi connectivity index (χ0) is 23.4. The van der Waals surface area contributed by atoms with Crippen LogP contribution in [-0.4, -0.2) is 48.2 Å². The van der Waals surface area contributed by atoms with Crippen LogP contribution in [0.4, 0.5) is 0 Å². The molecule has 0 spiro atoms. The fourth-order valence-corrected chi connectivity index (χ4v) is 5.46. The number of aryl methyl sites for hydroxylation is 2. The van der Waals surface area contributed by atoms with Crippen molar-refractivity contribution in [3.63, 3.8) is 0 Å². The lowest BCUT2D eigenvalue weighted by Crippen LogP contribution is -2.47. The van der Waals surface area contributed by atoms with Crippen LogP contribution in [0.1, 0.15) is 48.3 Å². The molecule has 4 rings (SSSR count). The van der Waals surface area contributed by atoms with Gasteiger partial charge in [-0.1, -0.05) is 22.0 Å². The monoisotopic (exact) mass is 515 g/mol. The molecular formula is C26H34BrN3O3. The average Bonchev–Trinajstić information content (AvgIpc) is 3.64. The van der Waals surface area contributed by atoms with E-state index in [2.05, 4.69) is 44.3 Å². The molecule has 178 valence electrons. The predicted molar refractivity (Wildman–Crippen MR) is 133 cm³/mol. The van der Waals surface area contributed by atoms with Gasteiger partial charge in [-0.05, 0) is 79.5 Å². The van der Waals surface area contributed by atoms with Crippen LogP contribution in [0.3, 0.4) is 0 Å². The molecule has 2 atom stereocenters. The Kier molecular flexibility index (Phi) is 8.04. The molecule has 2 aromatic rings. The van der Waals surface area contributed by atoms with Crippen molar-refractivity contribution in [3.8, 4) is 0 Å². The highest BCUT2D eigenvalue weighted by Gasteiger charge is 2.40. The molecule has 1 saturated carbocycles. The summed E-state index contributed by atoms with van der Waals surface area (Å²) < 4.78 is 7.82. The smallest absolute Gasteiger partial charge is 0.250 e. The van der Waals surface area contributed by atoms with Crippen molar-refractivity contribution in [3.05, 3.63) is 68.0 Å². The second-order valence-electron chi connectivity index (χ2n) is 9.38. The van der Waals surface area contributed by atoms with Gasteiger partial charge < -0.3 is 19.5 Å². The standard InChI is InChI=1S/C26H34BrN3O3/c1-29-10-8-20(15-25(29)31)23-7-9-28-16-24(23)26(32)30(22-5-6-22)17-19-12-18(4-3-11-33-2)13-21(27)14-19/h8,10,12-15,22-24,28H,3-7,9,11,16-17H2,1-2H3/t23-,24?/m1/s1. The summed E-state index contributed by atoms with van der Waals surface area (Å²) in [7, 11) is 3.49. The third-order valence-electron chi connectivity index (χ3n) is 6.81. The summed E-state index contributed by atoms with van der Waals surface area (Å²) in [5, 5.41) is 3.42. The summed E-state index contributed by atoms with van der Waals surface area (Å²) in [4.78, 5) is 28.2. The first kappa shape index (κ1) is 24.2. The largest absolute Gasteiger partial charge is 0.385 e. The second kappa shape index (κ2) is 11.0. The van der Waals surface area contributed by atoms with Gasteiger partial charge in [0, 0.05) is 56.6 Å². The minimum Gasteiger partial charge on any atom is -0.385 e. The van der Waals surface area contributed by atoms with E-state index in [0.29, 0.717) is 19.1 Å². The van der Waals surface area contributed by atoms with Crippen molar-refractivity contribution in [1.29, 1.82) is 0 Å². The highest BCUT2D eigenvalue weighted by molar-refractivity contribution is 9.10. The van der Waals surface area contributed by atoms with Gasteiger partial charge in [0.1, 0.15) is 0 Å². The summed E-state index contributed by atoms with van der Waals surface area (Å²) in [5.74, 6) is 0.122. The number of ether oxygens (including phenoxy) is 1. The summed E-state index contributed by atoms with van der Waals surface area (Å²) in [6.45, 7) is 2.89. The van der Waals surface area contributed by atoms with Crippen LogP contribution < -0.4 is 10.9 Å². The number of aromatic nitrogens is 1. The number of nitrogens with zero attached hydrogens (tertiary/aromatic N) is 2. The van der Waals surface area contributed by atoms with Crippen molar-refractivity contribution in [2.75, 3.05) is 26.8 Å². The molecule has 1 aliphatic carbocycles. The van der Waals surface area contributed by atoms with Crippen molar-refractivity contribution < 1.29 is 9.53 Å². The molecule has 7 heteroatoms. The maximum absolute atomic E-state index is 13.9. The molecule has 2 heterocycles. The number of halogens is 1. The molecule has 1 amide bonds. The fourth-order valence-electron chi connectivity index (χ4n) is 4.87. The van der Waals surface area contributed by atoms with Gasteiger partial charge in [-0.25, -0.2) is 0 Å². The lowest BCUT2D eigenvalue weighted by molar-refractivity contribution is -0.138. The molecule has 1 N–H and O–H groups in total. The van der Waals surface area contributed by atoms with Crippen LogP contribution in [0, 0.1) is 5.92 Å². The van der Waals surface area contributed by atoms with E-state index >= 15 is 0 Å². The van der Waals surface area contributed by atoms with Crippen molar-refractivity contribution in [2.45, 2.75) is 50.6 Å². The Balaban J connectivity index is 1.54. The minimum atomic E-state index is -0.153. The fraction of sp³-hybridized carbons (Fsp3) is 0.538. The van der Waals surface area contributed by atoms with Gasteiger partial charge in [0.15, 0.2) is 0 Å². The summed E-state index contributed by atoms with van der Waals surface area (Å²) in [5.41, 5.74) is 3.38. The van der Waals surface area contributed by atoms with E-state index in [4.69, 9.17) is 4.74 Å². The maximum atomic E-state index is 13.9. The molecule has 2 aliphatic rings. The van der Waals surface area contributed by atoms with E-state index in [-0.39, 0.29) is 23.3 Å². The summed E-state index contributed by atoms with van der Waals surface area (Å²) >= 11 is 3.65. The molecule has 1 saturated heterocycles. The second-order valence-corrected chi connectivity index (χ2v) is 10.3. The van der Waals surface area contributed by atoms with E-state index in [1.54, 1.807) is 24.8 Å². The Morgan fingerprint density at radius 2 is 2.00 bits per heavy atom. The molecular weight excluding hydrogens is 482 g/mol. The first-order valence-corrected chi connectivity index (χ1v) is 12.7. The number of benzene rings is 1. The number of hydrogen-bond donors (Lipinski definition) is 1. The first-order chi connectivity index (χ1) is 16.0. The van der Waals surface area contributed by atoms with Gasteiger partial charge in [-0.15, -0.1) is 0 Å². The molecule has 1 aliphatic heterocycles. The number of pyridine rings is 1. The number of methoxy groups -OCH3 is 1. The number of carbonyl (C=O) groups excluding carboxylic acids is 1. The summed E-state index contributed by atoms with van der Waals surface area (Å²) in [6, 6.07) is 10.5. The van der Waals surface area contributed by atoms with Crippen LogP contribution in [0.15, 0.2) is 45.8 Å². The van der Waals surface area contributed by atoms with Gasteiger partial charge in [-0.2, -0.15) is 0 Å². The third-order valence-corrected chi connectivity index (χ3v) is 7.27. The highest BCUT2D eigenvalue weighted by Crippen LogP contribution is 2.36. The normalized spacial score (nSPS) is 20.6. The molecule has 6 nitrogen and oxygen atoms in total. The van der Waals surface area contributed by atoms with Crippen LogP contribution in [0.2, 0.25) is 0 Å². The minimum absolute atomic E-state index is 0.0218. The summed E-state index contributed by atoms with van der Waals surface area (Å²) in [6.07, 6.45) is 6.74. The molecule has 33 heavy (non-hydrogen) atoms. The van der Waals surface area contributed by atoms with E-state index in [9.17, 15) is 9.59 Å². The molecule has 1 aromatic carbocycles. The van der Waals surface area contributed by atoms with E-state index < -0.39 is 0 Å². The molecule has 0 radical (unpaired) electrons. The average molecular weight is 516 g/mol. The molecule has 2 fully saturated rings. The van der Waals surface area contributed by atoms with Gasteiger partial charge >= 0.3 is 0 Å². The molecule has 0 bridgehead atoms. The molecule has 1 unspecified atom stereocenters. The van der Waals surface area contributed by atoms with Gasteiger partial charge in [0.25, 0.3) is 5.56 Å². The Morgan fingerprint density at radius 3 is 2.73 bits per heavy atom. The topological polar surface area (TPSA) is 63.6 Å². The third kappa shape index (κ3) is 6.14. The SMILES string of the molecule is COCCCc1cc(Br)cc(CN(C(=O)C2CNCC[C@@H]2c2ccn(C)c(=O)c2)C2CC2)c1. The van der Waals surface area contributed by atoms with Gasteiger partial charge in [0.2, 0.25) is 5.91 Å². The number of piperidine rings is 1. The molecule has 1 aromatic heterocycles. The van der Waals surface area contributed by atoms with Crippen LogP contribution >= 0.6 is 15.9 Å². The van der Waals surface area contributed by atoms with Crippen molar-refractivity contribution in [2.24, 2.45) is 13.0 Å². The van der Waals surface area contributed by atoms with E-state index in [1.807, 2.05) is 12.3 Å². The number of hydrogen-bond acceptors (Lipinski definition) is 4. The van der Waals surface area contributed by atoms with Gasteiger partial charge in [0.05, 0.1) is 5.92 Å². The first-order valence-electron chi connectivity index (χ1n) is 11.9. The lowest BCUT2D eigenvalue weighted by Gasteiger charge is -2.35. The van der Waals surface area contributed by atoms with Crippen LogP contribution in [0.25, 0.3) is 0 Å². The Hall–Kier alpha value is -1.96. The number of carbonyl (C=O) groups is 1. The Labute approximate surface area is 204 Å². The predicted octanol–water partition coefficient (Wildman–Crippen LogP) is 3.61. The Morgan fingerprint density at radius 1 is 1.21 bits per heavy atom. The van der Waals surface area contributed by atoms with E-state index in [0.717, 1.165) is 60.9 Å². The lowest BCUT2D eigenvalue weighted by atomic mass is 9.80. The van der Waals surface area contributed by atoms with Crippen molar-refractivity contribution in [1.82, 2.24) is 14.8 Å². The number of rotatable bonds is 9.